The van der Waals surface area contributed by atoms with Crippen LogP contribution in [0.4, 0.5) is 0 Å². The van der Waals surface area contributed by atoms with E-state index in [1.165, 1.54) is 6.42 Å². The molecule has 19 heavy (non-hydrogen) atoms. The van der Waals surface area contributed by atoms with Gasteiger partial charge in [-0.1, -0.05) is 38.3 Å². The molecule has 0 heterocycles. The van der Waals surface area contributed by atoms with Crippen LogP contribution < -0.4 is 10.4 Å². The predicted octanol–water partition coefficient (Wildman–Crippen LogP) is 0.871. The third-order valence-corrected chi connectivity index (χ3v) is 4.36. The van der Waals surface area contributed by atoms with Gasteiger partial charge in [0.2, 0.25) is 5.91 Å². The molecule has 0 aromatic rings. The number of unbranched alkanes of at least 4 members (excludes halogenated alkanes) is 3. The maximum absolute atomic E-state index is 12.1. The maximum atomic E-state index is 12.1. The molecule has 1 saturated carbocycles. The van der Waals surface area contributed by atoms with Crippen LogP contribution in [-0.4, -0.2) is 18.4 Å². The molecular weight excluding hydrogens is 242 g/mol. The van der Waals surface area contributed by atoms with E-state index < -0.39 is 17.8 Å². The Morgan fingerprint density at radius 1 is 1.16 bits per heavy atom. The monoisotopic (exact) mass is 264 g/mol. The fraction of sp³-hybridized carbons (Fsp3) is 0.733. The van der Waals surface area contributed by atoms with Crippen LogP contribution >= 0.6 is 0 Å². The zero-order chi connectivity index (χ0) is 13.8. The molecule has 1 N–H and O–H groups in total. The highest BCUT2D eigenvalue weighted by Crippen LogP contribution is 2.47. The SMILES string of the molecule is CCCCCCNC(=O)[C@@H]1[C@@H](C(=O)[O-])[C@H]2C=C[C@@H]1C2. The van der Waals surface area contributed by atoms with E-state index in [9.17, 15) is 14.7 Å². The van der Waals surface area contributed by atoms with Crippen LogP contribution in [0.1, 0.15) is 39.0 Å². The van der Waals surface area contributed by atoms with Crippen LogP contribution in [0.25, 0.3) is 0 Å². The van der Waals surface area contributed by atoms with E-state index in [-0.39, 0.29) is 17.7 Å². The number of fused-ring (bicyclic) bond motifs is 2. The summed E-state index contributed by atoms with van der Waals surface area (Å²) in [6, 6.07) is 0. The summed E-state index contributed by atoms with van der Waals surface area (Å²) < 4.78 is 0. The van der Waals surface area contributed by atoms with E-state index in [1.807, 2.05) is 12.2 Å². The number of rotatable bonds is 7. The number of amides is 1. The Kier molecular flexibility index (Phi) is 4.61. The van der Waals surface area contributed by atoms with Crippen molar-refractivity contribution in [2.45, 2.75) is 39.0 Å². The lowest BCUT2D eigenvalue weighted by Crippen LogP contribution is -2.45. The van der Waals surface area contributed by atoms with Crippen LogP contribution in [-0.2, 0) is 9.59 Å². The Balaban J connectivity index is 1.84. The van der Waals surface area contributed by atoms with E-state index in [2.05, 4.69) is 12.2 Å². The number of carboxylic acid groups (broad SMARTS) is 1. The van der Waals surface area contributed by atoms with Gasteiger partial charge in [0.25, 0.3) is 0 Å². The summed E-state index contributed by atoms with van der Waals surface area (Å²) in [5.41, 5.74) is 0. The van der Waals surface area contributed by atoms with Crippen LogP contribution in [0, 0.1) is 23.7 Å². The van der Waals surface area contributed by atoms with Crippen molar-refractivity contribution in [2.75, 3.05) is 6.54 Å². The molecule has 1 fully saturated rings. The Labute approximate surface area is 114 Å². The van der Waals surface area contributed by atoms with Crippen molar-refractivity contribution >= 4 is 11.9 Å². The lowest BCUT2D eigenvalue weighted by atomic mass is 9.82. The quantitative estimate of drug-likeness (QED) is 0.548. The molecule has 0 aromatic heterocycles. The highest BCUT2D eigenvalue weighted by atomic mass is 16.4. The normalized spacial score (nSPS) is 31.6. The van der Waals surface area contributed by atoms with Crippen LogP contribution in [0.5, 0.6) is 0 Å². The summed E-state index contributed by atoms with van der Waals surface area (Å²) in [4.78, 5) is 23.3. The fourth-order valence-corrected chi connectivity index (χ4v) is 3.38. The minimum Gasteiger partial charge on any atom is -0.550 e. The first-order valence-corrected chi connectivity index (χ1v) is 7.32. The van der Waals surface area contributed by atoms with Gasteiger partial charge < -0.3 is 15.2 Å². The molecule has 2 aliphatic carbocycles. The first-order chi connectivity index (χ1) is 9.15. The van der Waals surface area contributed by atoms with E-state index in [1.54, 1.807) is 0 Å². The number of carbonyl (C=O) groups excluding carboxylic acids is 2. The van der Waals surface area contributed by atoms with Gasteiger partial charge in [0.05, 0.1) is 5.92 Å². The van der Waals surface area contributed by atoms with Gasteiger partial charge in [-0.05, 0) is 24.7 Å². The summed E-state index contributed by atoms with van der Waals surface area (Å²) in [6.07, 6.45) is 9.12. The van der Waals surface area contributed by atoms with Gasteiger partial charge in [0, 0.05) is 18.4 Å². The first kappa shape index (κ1) is 14.1. The van der Waals surface area contributed by atoms with Gasteiger partial charge in [-0.3, -0.25) is 4.79 Å². The van der Waals surface area contributed by atoms with Crippen molar-refractivity contribution in [1.29, 1.82) is 0 Å². The second-order valence-electron chi connectivity index (χ2n) is 5.67. The number of aliphatic carboxylic acids is 1. The largest absolute Gasteiger partial charge is 0.550 e. The van der Waals surface area contributed by atoms with Gasteiger partial charge in [0.1, 0.15) is 0 Å². The highest BCUT2D eigenvalue weighted by molar-refractivity contribution is 5.86. The lowest BCUT2D eigenvalue weighted by molar-refractivity contribution is -0.313. The Morgan fingerprint density at radius 3 is 2.47 bits per heavy atom. The summed E-state index contributed by atoms with van der Waals surface area (Å²) in [5.74, 6) is -2.17. The molecule has 4 nitrogen and oxygen atoms in total. The number of hydrogen-bond donors (Lipinski definition) is 1. The van der Waals surface area contributed by atoms with Crippen molar-refractivity contribution in [3.8, 4) is 0 Å². The topological polar surface area (TPSA) is 69.2 Å². The number of allylic oxidation sites excluding steroid dienone is 2. The third kappa shape index (κ3) is 2.99. The highest BCUT2D eigenvalue weighted by Gasteiger charge is 2.48. The Hall–Kier alpha value is -1.32. The summed E-state index contributed by atoms with van der Waals surface area (Å²) in [5, 5.41) is 14.1. The zero-order valence-corrected chi connectivity index (χ0v) is 11.4. The minimum absolute atomic E-state index is 0.00848. The van der Waals surface area contributed by atoms with E-state index in [4.69, 9.17) is 0 Å². The average Bonchev–Trinajstić information content (AvgIpc) is 2.98. The van der Waals surface area contributed by atoms with Gasteiger partial charge in [0.15, 0.2) is 0 Å². The van der Waals surface area contributed by atoms with Gasteiger partial charge in [-0.2, -0.15) is 0 Å². The summed E-state index contributed by atoms with van der Waals surface area (Å²) >= 11 is 0. The molecule has 0 saturated heterocycles. The molecule has 2 bridgehead atoms. The molecule has 0 unspecified atom stereocenters. The average molecular weight is 264 g/mol. The van der Waals surface area contributed by atoms with E-state index in [0.29, 0.717) is 6.54 Å². The smallest absolute Gasteiger partial charge is 0.224 e. The fourth-order valence-electron chi connectivity index (χ4n) is 3.38. The summed E-state index contributed by atoms with van der Waals surface area (Å²) in [7, 11) is 0. The molecule has 0 radical (unpaired) electrons. The van der Waals surface area contributed by atoms with Gasteiger partial charge >= 0.3 is 0 Å². The van der Waals surface area contributed by atoms with Crippen molar-refractivity contribution in [2.24, 2.45) is 23.7 Å². The van der Waals surface area contributed by atoms with Gasteiger partial charge in [-0.25, -0.2) is 0 Å². The van der Waals surface area contributed by atoms with Crippen LogP contribution in [0.2, 0.25) is 0 Å². The number of carbonyl (C=O) groups is 2. The molecule has 0 spiro atoms. The molecule has 4 atom stereocenters. The standard InChI is InChI=1S/C15H23NO3/c1-2-3-4-5-8-16-14(17)12-10-6-7-11(9-10)13(12)15(18)19/h6-7,10-13H,2-5,8-9H2,1H3,(H,16,17)(H,18,19)/p-1/t10-,11+,12+,13+/m1/s1. The molecule has 4 heteroatoms. The van der Waals surface area contributed by atoms with Crippen molar-refractivity contribution in [3.63, 3.8) is 0 Å². The minimum atomic E-state index is -1.08. The predicted molar refractivity (Wildman–Crippen MR) is 69.9 cm³/mol. The van der Waals surface area contributed by atoms with Crippen LogP contribution in [0.3, 0.4) is 0 Å². The number of carboxylic acids is 1. The number of hydrogen-bond acceptors (Lipinski definition) is 3. The zero-order valence-electron chi connectivity index (χ0n) is 11.4. The van der Waals surface area contributed by atoms with Crippen LogP contribution in [0.15, 0.2) is 12.2 Å². The second kappa shape index (κ2) is 6.22. The van der Waals surface area contributed by atoms with E-state index >= 15 is 0 Å². The Bertz CT molecular complexity index is 378. The molecule has 0 aromatic carbocycles. The van der Waals surface area contributed by atoms with Crippen molar-refractivity contribution in [3.05, 3.63) is 12.2 Å². The van der Waals surface area contributed by atoms with Crippen molar-refractivity contribution in [1.82, 2.24) is 5.32 Å². The van der Waals surface area contributed by atoms with E-state index in [0.717, 1.165) is 25.7 Å². The van der Waals surface area contributed by atoms with Gasteiger partial charge in [-0.15, -0.1) is 0 Å². The molecule has 1 amide bonds. The molecule has 2 aliphatic rings. The third-order valence-electron chi connectivity index (χ3n) is 4.36. The Morgan fingerprint density at radius 2 is 1.84 bits per heavy atom. The second-order valence-corrected chi connectivity index (χ2v) is 5.67. The molecule has 0 aliphatic heterocycles. The molecule has 106 valence electrons. The molecule has 2 rings (SSSR count). The molecular formula is C15H22NO3-. The number of nitrogens with one attached hydrogen (secondary N) is 1. The van der Waals surface area contributed by atoms with Crippen molar-refractivity contribution < 1.29 is 14.7 Å². The maximum Gasteiger partial charge on any atom is 0.224 e. The lowest BCUT2D eigenvalue weighted by Gasteiger charge is -2.27. The first-order valence-electron chi connectivity index (χ1n) is 7.32. The summed E-state index contributed by atoms with van der Waals surface area (Å²) in [6.45, 7) is 2.79.